The summed E-state index contributed by atoms with van der Waals surface area (Å²) in [6.45, 7) is 2.49. The van der Waals surface area contributed by atoms with Gasteiger partial charge >= 0.3 is 6.09 Å². The number of nitrogens with zero attached hydrogens (tertiary/aromatic N) is 1. The molecule has 0 aliphatic carbocycles. The summed E-state index contributed by atoms with van der Waals surface area (Å²) in [5.74, 6) is 0.440. The van der Waals surface area contributed by atoms with Gasteiger partial charge in [-0.3, -0.25) is 5.10 Å². The quantitative estimate of drug-likeness (QED) is 0.785. The molecule has 0 bridgehead atoms. The number of nitrogens with one attached hydrogen (secondary N) is 2. The fourth-order valence-corrected chi connectivity index (χ4v) is 1.76. The molecule has 2 aromatic rings. The maximum atomic E-state index is 11.5. The van der Waals surface area contributed by atoms with Crippen LogP contribution in [0.1, 0.15) is 16.8 Å². The predicted octanol–water partition coefficient (Wildman–Crippen LogP) is 2.24. The van der Waals surface area contributed by atoms with Crippen molar-refractivity contribution in [2.24, 2.45) is 0 Å². The number of benzene rings is 1. The summed E-state index contributed by atoms with van der Waals surface area (Å²) in [6.07, 6.45) is 3.14. The second-order valence-corrected chi connectivity index (χ2v) is 4.49. The molecule has 0 aliphatic rings. The van der Waals surface area contributed by atoms with Crippen molar-refractivity contribution in [2.45, 2.75) is 13.5 Å². The Balaban J connectivity index is 1.72. The van der Waals surface area contributed by atoms with Gasteiger partial charge in [0, 0.05) is 17.8 Å². The first-order valence-corrected chi connectivity index (χ1v) is 6.58. The zero-order chi connectivity index (χ0) is 15.1. The van der Waals surface area contributed by atoms with Gasteiger partial charge in [0.2, 0.25) is 0 Å². The lowest BCUT2D eigenvalue weighted by molar-refractivity contribution is 0.141. The van der Waals surface area contributed by atoms with Crippen LogP contribution in [0.25, 0.3) is 6.08 Å². The Kier molecular flexibility index (Phi) is 4.98. The molecule has 0 fully saturated rings. The first-order valence-electron chi connectivity index (χ1n) is 6.58. The van der Waals surface area contributed by atoms with E-state index in [1.807, 2.05) is 43.3 Å². The first-order chi connectivity index (χ1) is 10.2. The van der Waals surface area contributed by atoms with E-state index in [0.29, 0.717) is 12.4 Å². The fourth-order valence-electron chi connectivity index (χ4n) is 1.76. The van der Waals surface area contributed by atoms with Crippen molar-refractivity contribution in [3.63, 3.8) is 0 Å². The summed E-state index contributed by atoms with van der Waals surface area (Å²) < 4.78 is 5.09. The second-order valence-electron chi connectivity index (χ2n) is 4.49. The van der Waals surface area contributed by atoms with Crippen molar-refractivity contribution < 1.29 is 9.53 Å². The number of ether oxygens (including phenoxy) is 1. The van der Waals surface area contributed by atoms with Gasteiger partial charge in [-0.1, -0.05) is 42.5 Å². The molecular formula is C15H18N4O2. The summed E-state index contributed by atoms with van der Waals surface area (Å²) in [5, 5.41) is 9.30. The van der Waals surface area contributed by atoms with Gasteiger partial charge < -0.3 is 15.8 Å². The molecule has 110 valence electrons. The van der Waals surface area contributed by atoms with E-state index in [4.69, 9.17) is 10.5 Å². The van der Waals surface area contributed by atoms with Gasteiger partial charge in [0.15, 0.2) is 5.82 Å². The number of aryl methyl sites for hydroxylation is 1. The summed E-state index contributed by atoms with van der Waals surface area (Å²) in [5.41, 5.74) is 8.35. The van der Waals surface area contributed by atoms with Crippen molar-refractivity contribution in [1.29, 1.82) is 0 Å². The number of H-pyrrole nitrogens is 1. The summed E-state index contributed by atoms with van der Waals surface area (Å²) in [7, 11) is 0. The molecule has 0 aliphatic heterocycles. The van der Waals surface area contributed by atoms with Crippen LogP contribution in [-0.2, 0) is 11.3 Å². The number of amides is 1. The van der Waals surface area contributed by atoms with Crippen LogP contribution in [-0.4, -0.2) is 22.8 Å². The van der Waals surface area contributed by atoms with Gasteiger partial charge in [-0.25, -0.2) is 4.79 Å². The minimum atomic E-state index is -0.458. The van der Waals surface area contributed by atoms with Gasteiger partial charge in [0.05, 0.1) is 0 Å². The molecule has 21 heavy (non-hydrogen) atoms. The van der Waals surface area contributed by atoms with E-state index in [1.54, 1.807) is 6.08 Å². The number of anilines is 1. The second kappa shape index (κ2) is 7.14. The number of nitrogens with two attached hydrogens (primary N) is 1. The molecule has 0 atom stereocenters. The van der Waals surface area contributed by atoms with Crippen LogP contribution in [0.5, 0.6) is 0 Å². The average Bonchev–Trinajstić information content (AvgIpc) is 2.82. The van der Waals surface area contributed by atoms with Crippen molar-refractivity contribution >= 4 is 18.0 Å². The van der Waals surface area contributed by atoms with E-state index in [1.165, 1.54) is 0 Å². The molecule has 0 spiro atoms. The van der Waals surface area contributed by atoms with Crippen LogP contribution >= 0.6 is 0 Å². The molecule has 0 saturated carbocycles. The molecule has 1 aromatic carbocycles. The molecule has 0 saturated heterocycles. The fraction of sp³-hybridized carbons (Fsp3) is 0.200. The van der Waals surface area contributed by atoms with Crippen molar-refractivity contribution in [2.75, 3.05) is 12.3 Å². The minimum absolute atomic E-state index is 0.254. The van der Waals surface area contributed by atoms with E-state index in [2.05, 4.69) is 15.5 Å². The number of alkyl carbamates (subject to hydrolysis) is 1. The minimum Gasteiger partial charge on any atom is -0.445 e. The van der Waals surface area contributed by atoms with Gasteiger partial charge in [-0.15, -0.1) is 0 Å². The smallest absolute Gasteiger partial charge is 0.407 e. The van der Waals surface area contributed by atoms with E-state index in [-0.39, 0.29) is 6.61 Å². The standard InChI is InChI=1S/C15H18N4O2/c1-11-13(14(16)19-18-11)8-5-9-17-15(20)21-10-12-6-3-2-4-7-12/h2-8H,9-10H2,1H3,(H,17,20)(H3,16,18,19). The summed E-state index contributed by atoms with van der Waals surface area (Å²) >= 11 is 0. The third-order valence-electron chi connectivity index (χ3n) is 2.89. The maximum Gasteiger partial charge on any atom is 0.407 e. The van der Waals surface area contributed by atoms with Crippen molar-refractivity contribution in [3.05, 3.63) is 53.2 Å². The van der Waals surface area contributed by atoms with Gasteiger partial charge in [0.1, 0.15) is 6.61 Å². The molecule has 2 rings (SSSR count). The molecule has 1 aromatic heterocycles. The van der Waals surface area contributed by atoms with Crippen LogP contribution in [0.3, 0.4) is 0 Å². The van der Waals surface area contributed by atoms with E-state index in [9.17, 15) is 4.79 Å². The van der Waals surface area contributed by atoms with Gasteiger partial charge in [0.25, 0.3) is 0 Å². The Morgan fingerprint density at radius 3 is 2.86 bits per heavy atom. The molecule has 6 nitrogen and oxygen atoms in total. The number of hydrogen-bond donors (Lipinski definition) is 3. The third kappa shape index (κ3) is 4.38. The topological polar surface area (TPSA) is 93.0 Å². The summed E-state index contributed by atoms with van der Waals surface area (Å²) in [6, 6.07) is 9.52. The Morgan fingerprint density at radius 2 is 2.19 bits per heavy atom. The van der Waals surface area contributed by atoms with E-state index in [0.717, 1.165) is 16.8 Å². The Morgan fingerprint density at radius 1 is 1.43 bits per heavy atom. The van der Waals surface area contributed by atoms with Crippen molar-refractivity contribution in [1.82, 2.24) is 15.5 Å². The highest BCUT2D eigenvalue weighted by molar-refractivity contribution is 5.68. The van der Waals surface area contributed by atoms with Crippen LogP contribution in [0.2, 0.25) is 0 Å². The molecule has 0 unspecified atom stereocenters. The molecular weight excluding hydrogens is 268 g/mol. The highest BCUT2D eigenvalue weighted by Crippen LogP contribution is 2.13. The largest absolute Gasteiger partial charge is 0.445 e. The lowest BCUT2D eigenvalue weighted by Crippen LogP contribution is -2.24. The molecule has 0 radical (unpaired) electrons. The Labute approximate surface area is 123 Å². The monoisotopic (exact) mass is 286 g/mol. The zero-order valence-electron chi connectivity index (χ0n) is 11.8. The van der Waals surface area contributed by atoms with Gasteiger partial charge in [-0.2, -0.15) is 5.10 Å². The Bertz CT molecular complexity index is 600. The summed E-state index contributed by atoms with van der Waals surface area (Å²) in [4.78, 5) is 11.5. The maximum absolute atomic E-state index is 11.5. The zero-order valence-corrected chi connectivity index (χ0v) is 11.8. The first kappa shape index (κ1) is 14.6. The van der Waals surface area contributed by atoms with Crippen molar-refractivity contribution in [3.8, 4) is 0 Å². The number of hydrogen-bond acceptors (Lipinski definition) is 4. The molecule has 6 heteroatoms. The van der Waals surface area contributed by atoms with Crippen LogP contribution in [0.4, 0.5) is 10.6 Å². The number of nitrogen functional groups attached to an aromatic ring is 1. The lowest BCUT2D eigenvalue weighted by Gasteiger charge is -2.05. The number of carbonyl (C=O) groups is 1. The van der Waals surface area contributed by atoms with E-state index < -0.39 is 6.09 Å². The van der Waals surface area contributed by atoms with E-state index >= 15 is 0 Å². The number of carbonyl (C=O) groups excluding carboxylic acids is 1. The lowest BCUT2D eigenvalue weighted by atomic mass is 10.2. The van der Waals surface area contributed by atoms with Gasteiger partial charge in [-0.05, 0) is 12.5 Å². The average molecular weight is 286 g/mol. The highest BCUT2D eigenvalue weighted by atomic mass is 16.5. The third-order valence-corrected chi connectivity index (χ3v) is 2.89. The number of rotatable bonds is 5. The molecule has 1 amide bonds. The van der Waals surface area contributed by atoms with Crippen LogP contribution in [0.15, 0.2) is 36.4 Å². The van der Waals surface area contributed by atoms with Crippen LogP contribution in [0, 0.1) is 6.92 Å². The normalized spacial score (nSPS) is 10.7. The Hall–Kier alpha value is -2.76. The highest BCUT2D eigenvalue weighted by Gasteiger charge is 2.03. The number of aromatic nitrogens is 2. The molecule has 4 N–H and O–H groups in total. The SMILES string of the molecule is Cc1[nH]nc(N)c1C=CCNC(=O)OCc1ccccc1. The van der Waals surface area contributed by atoms with Crippen LogP contribution < -0.4 is 11.1 Å². The molecule has 1 heterocycles. The predicted molar refractivity (Wildman–Crippen MR) is 81.4 cm³/mol. The number of aromatic amines is 1.